The number of rotatable bonds is 16. The Labute approximate surface area is 280 Å². The molecule has 2 aromatic carbocycles. The maximum absolute atomic E-state index is 14.1. The highest BCUT2D eigenvalue weighted by atomic mass is 19.1. The zero-order valence-electron chi connectivity index (χ0n) is 26.1. The summed E-state index contributed by atoms with van der Waals surface area (Å²) in [4.78, 5) is 77.5. The number of carbonyl (C=O) groups is 6. The molecule has 1 aliphatic heterocycles. The predicted octanol–water partition coefficient (Wildman–Crippen LogP) is 3.82. The molecule has 252 valence electrons. The van der Waals surface area contributed by atoms with Gasteiger partial charge in [0.25, 0.3) is 17.7 Å². The summed E-state index contributed by atoms with van der Waals surface area (Å²) in [6.45, 7) is 0.317. The Morgan fingerprint density at radius 2 is 1.69 bits per heavy atom. The fourth-order valence-corrected chi connectivity index (χ4v) is 4.41. The minimum atomic E-state index is -1.60. The van der Waals surface area contributed by atoms with Crippen LogP contribution in [0.15, 0.2) is 97.0 Å². The average Bonchev–Trinajstić information content (AvgIpc) is 3.42. The van der Waals surface area contributed by atoms with Crippen LogP contribution in [0.4, 0.5) is 15.8 Å². The number of hydrogen-bond acceptors (Lipinski definition) is 9. The van der Waals surface area contributed by atoms with Crippen LogP contribution < -0.4 is 16.0 Å². The monoisotopic (exact) mass is 669 g/mol. The fraction of sp³-hybridized carbons (Fsp3) is 0.171. The van der Waals surface area contributed by atoms with Gasteiger partial charge >= 0.3 is 11.9 Å². The Morgan fingerprint density at radius 3 is 2.39 bits per heavy atom. The number of esters is 1. The number of aliphatic carboxylic acids is 1. The minimum Gasteiger partial charge on any atom is -0.477 e. The number of amides is 4. The van der Waals surface area contributed by atoms with Gasteiger partial charge in [0.15, 0.2) is 5.57 Å². The second-order valence-corrected chi connectivity index (χ2v) is 10.5. The van der Waals surface area contributed by atoms with Crippen molar-refractivity contribution in [3.63, 3.8) is 0 Å². The van der Waals surface area contributed by atoms with E-state index >= 15 is 0 Å². The van der Waals surface area contributed by atoms with E-state index in [1.165, 1.54) is 24.3 Å². The zero-order valence-corrected chi connectivity index (χ0v) is 26.1. The number of aromatic nitrogens is 1. The standard InChI is InChI=1S/C35H32FN5O8/c36-26-11-12-28(40-33(45)25-9-6-24(7-10-25)21-39-30(42)13-8-23-5-4-16-37-20-23)29(19-26)38-22-27(34(46)47)35(48)49-18-3-1-2-17-41-31(43)14-15-32(41)44/h4-16,19-20,22,38H,1-3,17-18,21H2,(H,39,42)(H,40,45)(H,46,47)/b13-8+,27-22+. The normalized spacial score (nSPS) is 12.7. The van der Waals surface area contributed by atoms with Crippen LogP contribution in [-0.4, -0.2) is 63.7 Å². The topological polar surface area (TPSA) is 184 Å². The summed E-state index contributed by atoms with van der Waals surface area (Å²) in [5, 5.41) is 17.5. The van der Waals surface area contributed by atoms with Gasteiger partial charge in [-0.3, -0.25) is 29.1 Å². The summed E-state index contributed by atoms with van der Waals surface area (Å²) in [6, 6.07) is 13.3. The van der Waals surface area contributed by atoms with Gasteiger partial charge in [-0.1, -0.05) is 18.2 Å². The van der Waals surface area contributed by atoms with Gasteiger partial charge in [-0.2, -0.15) is 0 Å². The third-order valence-electron chi connectivity index (χ3n) is 7.01. The minimum absolute atomic E-state index is 0.0286. The molecule has 0 spiro atoms. The van der Waals surface area contributed by atoms with Gasteiger partial charge in [-0.25, -0.2) is 14.0 Å². The molecule has 0 saturated carbocycles. The third kappa shape index (κ3) is 10.8. The highest BCUT2D eigenvalue weighted by Crippen LogP contribution is 2.24. The van der Waals surface area contributed by atoms with Gasteiger partial charge in [0.05, 0.1) is 18.0 Å². The maximum Gasteiger partial charge on any atom is 0.347 e. The van der Waals surface area contributed by atoms with Crippen molar-refractivity contribution in [2.75, 3.05) is 23.8 Å². The van der Waals surface area contributed by atoms with Crippen LogP contribution in [0, 0.1) is 5.82 Å². The molecular weight excluding hydrogens is 637 g/mol. The molecule has 2 heterocycles. The molecule has 0 aliphatic carbocycles. The first-order valence-corrected chi connectivity index (χ1v) is 15.1. The molecule has 1 aromatic heterocycles. The summed E-state index contributed by atoms with van der Waals surface area (Å²) in [5.41, 5.74) is 1.06. The van der Waals surface area contributed by atoms with E-state index in [9.17, 15) is 38.3 Å². The molecule has 4 amide bonds. The second kappa shape index (κ2) is 17.5. The van der Waals surface area contributed by atoms with Gasteiger partial charge < -0.3 is 25.8 Å². The molecule has 0 bridgehead atoms. The first-order valence-electron chi connectivity index (χ1n) is 15.1. The lowest BCUT2D eigenvalue weighted by molar-refractivity contribution is -0.144. The molecule has 0 unspecified atom stereocenters. The molecule has 13 nitrogen and oxygen atoms in total. The van der Waals surface area contributed by atoms with Crippen LogP contribution in [0.2, 0.25) is 0 Å². The Bertz CT molecular complexity index is 1790. The first-order chi connectivity index (χ1) is 23.6. The molecule has 4 N–H and O–H groups in total. The van der Waals surface area contributed by atoms with E-state index in [1.807, 2.05) is 6.07 Å². The predicted molar refractivity (Wildman–Crippen MR) is 176 cm³/mol. The number of carbonyl (C=O) groups excluding carboxylic acids is 5. The molecule has 0 saturated heterocycles. The summed E-state index contributed by atoms with van der Waals surface area (Å²) in [5.74, 6) is -5.07. The lowest BCUT2D eigenvalue weighted by Gasteiger charge is -2.13. The van der Waals surface area contributed by atoms with E-state index < -0.39 is 29.2 Å². The Hall–Kier alpha value is -6.44. The van der Waals surface area contributed by atoms with E-state index in [4.69, 9.17) is 4.74 Å². The molecule has 1 aliphatic rings. The highest BCUT2D eigenvalue weighted by molar-refractivity contribution is 6.14. The van der Waals surface area contributed by atoms with Gasteiger partial charge in [0.2, 0.25) is 5.91 Å². The number of pyridine rings is 1. The number of unbranched alkanes of at least 4 members (excludes halogenated alkanes) is 2. The first kappa shape index (κ1) is 35.4. The Balaban J connectivity index is 1.28. The van der Waals surface area contributed by atoms with Gasteiger partial charge in [-0.05, 0) is 72.9 Å². The van der Waals surface area contributed by atoms with Crippen molar-refractivity contribution >= 4 is 53.0 Å². The van der Waals surface area contributed by atoms with Crippen LogP contribution in [0.5, 0.6) is 0 Å². The SMILES string of the molecule is O=C(/C=C/c1cccnc1)NCc1ccc(C(=O)Nc2ccc(F)cc2N/C=C(\C(=O)O)C(=O)OCCCCCN2C(=O)C=CC2=O)cc1. The van der Waals surface area contributed by atoms with Gasteiger partial charge in [0, 0.05) is 55.5 Å². The summed E-state index contributed by atoms with van der Waals surface area (Å²) >= 11 is 0. The molecule has 14 heteroatoms. The zero-order chi connectivity index (χ0) is 35.2. The number of hydrogen-bond donors (Lipinski definition) is 4. The number of imide groups is 1. The molecule has 3 aromatic rings. The number of carboxylic acid groups (broad SMARTS) is 1. The second-order valence-electron chi connectivity index (χ2n) is 10.5. The number of benzene rings is 2. The van der Waals surface area contributed by atoms with Crippen LogP contribution in [0.1, 0.15) is 40.7 Å². The van der Waals surface area contributed by atoms with Crippen molar-refractivity contribution in [3.05, 3.63) is 119 Å². The maximum atomic E-state index is 14.1. The number of nitrogens with one attached hydrogen (secondary N) is 3. The fourth-order valence-electron chi connectivity index (χ4n) is 4.41. The highest BCUT2D eigenvalue weighted by Gasteiger charge is 2.23. The molecular formula is C35H32FN5O8. The van der Waals surface area contributed by atoms with Crippen molar-refractivity contribution in [1.82, 2.24) is 15.2 Å². The molecule has 0 fully saturated rings. The molecule has 0 radical (unpaired) electrons. The van der Waals surface area contributed by atoms with Crippen molar-refractivity contribution in [2.24, 2.45) is 0 Å². The Morgan fingerprint density at radius 1 is 0.939 bits per heavy atom. The van der Waals surface area contributed by atoms with Crippen molar-refractivity contribution < 1.29 is 43.0 Å². The van der Waals surface area contributed by atoms with Crippen LogP contribution >= 0.6 is 0 Å². The smallest absolute Gasteiger partial charge is 0.347 e. The number of anilines is 2. The van der Waals surface area contributed by atoms with Crippen LogP contribution in [-0.2, 0) is 35.3 Å². The van der Waals surface area contributed by atoms with Crippen molar-refractivity contribution in [1.29, 1.82) is 0 Å². The number of carboxylic acids is 1. The lowest BCUT2D eigenvalue weighted by Crippen LogP contribution is -2.30. The van der Waals surface area contributed by atoms with Crippen molar-refractivity contribution in [3.8, 4) is 0 Å². The van der Waals surface area contributed by atoms with Crippen LogP contribution in [0.25, 0.3) is 6.08 Å². The van der Waals surface area contributed by atoms with Gasteiger partial charge in [0.1, 0.15) is 5.82 Å². The molecule has 49 heavy (non-hydrogen) atoms. The van der Waals surface area contributed by atoms with Gasteiger partial charge in [-0.15, -0.1) is 0 Å². The van der Waals surface area contributed by atoms with E-state index in [0.29, 0.717) is 19.3 Å². The number of nitrogens with zero attached hydrogens (tertiary/aromatic N) is 2. The summed E-state index contributed by atoms with van der Waals surface area (Å²) in [6.07, 6.45) is 10.8. The summed E-state index contributed by atoms with van der Waals surface area (Å²) in [7, 11) is 0. The van der Waals surface area contributed by atoms with E-state index in [1.54, 1.807) is 48.8 Å². The van der Waals surface area contributed by atoms with Crippen LogP contribution in [0.3, 0.4) is 0 Å². The van der Waals surface area contributed by atoms with E-state index in [2.05, 4.69) is 20.9 Å². The molecule has 0 atom stereocenters. The number of halogens is 1. The van der Waals surface area contributed by atoms with Crippen molar-refractivity contribution in [2.45, 2.75) is 25.8 Å². The lowest BCUT2D eigenvalue weighted by atomic mass is 10.1. The largest absolute Gasteiger partial charge is 0.477 e. The average molecular weight is 670 g/mol. The Kier molecular flexibility index (Phi) is 12.6. The quantitative estimate of drug-likeness (QED) is 0.0437. The summed E-state index contributed by atoms with van der Waals surface area (Å²) < 4.78 is 19.2. The third-order valence-corrected chi connectivity index (χ3v) is 7.01. The molecule has 4 rings (SSSR count). The number of ether oxygens (including phenoxy) is 1. The van der Waals surface area contributed by atoms with E-state index in [-0.39, 0.29) is 54.4 Å². The van der Waals surface area contributed by atoms with E-state index in [0.717, 1.165) is 34.4 Å².